The quantitative estimate of drug-likeness (QED) is 0.865. The summed E-state index contributed by atoms with van der Waals surface area (Å²) in [7, 11) is 0. The maximum absolute atomic E-state index is 12.8. The molecule has 5 heteroatoms. The van der Waals surface area contributed by atoms with Crippen LogP contribution in [0, 0.1) is 5.82 Å². The Bertz CT molecular complexity index is 371. The third-order valence-electron chi connectivity index (χ3n) is 1.83. The lowest BCUT2D eigenvalue weighted by molar-refractivity contribution is -0.123. The van der Waals surface area contributed by atoms with Crippen LogP contribution < -0.4 is 10.1 Å². The molecule has 0 saturated carbocycles. The molecular formula is C11H13ClFNO2. The second-order valence-electron chi connectivity index (χ2n) is 3.21. The zero-order valence-corrected chi connectivity index (χ0v) is 9.68. The van der Waals surface area contributed by atoms with Gasteiger partial charge in [0.1, 0.15) is 11.6 Å². The van der Waals surface area contributed by atoms with Crippen molar-refractivity contribution in [2.24, 2.45) is 0 Å². The van der Waals surface area contributed by atoms with Gasteiger partial charge in [0.15, 0.2) is 6.61 Å². The minimum Gasteiger partial charge on any atom is -0.484 e. The third kappa shape index (κ3) is 4.06. The fraction of sp³-hybridized carbons (Fsp3) is 0.364. The highest BCUT2D eigenvalue weighted by molar-refractivity contribution is 6.30. The molecule has 0 aliphatic heterocycles. The first kappa shape index (κ1) is 12.8. The second kappa shape index (κ2) is 6.33. The van der Waals surface area contributed by atoms with E-state index < -0.39 is 5.82 Å². The number of ether oxygens (including phenoxy) is 1. The van der Waals surface area contributed by atoms with Gasteiger partial charge in [0, 0.05) is 12.6 Å². The van der Waals surface area contributed by atoms with Crippen LogP contribution >= 0.6 is 11.6 Å². The molecule has 0 unspecified atom stereocenters. The van der Waals surface area contributed by atoms with Gasteiger partial charge in [-0.05, 0) is 18.6 Å². The molecule has 0 spiro atoms. The second-order valence-corrected chi connectivity index (χ2v) is 3.62. The smallest absolute Gasteiger partial charge is 0.257 e. The van der Waals surface area contributed by atoms with Gasteiger partial charge in [0.25, 0.3) is 5.91 Å². The van der Waals surface area contributed by atoms with Crippen molar-refractivity contribution in [3.05, 3.63) is 29.0 Å². The highest BCUT2D eigenvalue weighted by atomic mass is 35.5. The summed E-state index contributed by atoms with van der Waals surface area (Å²) in [6.07, 6.45) is 0.869. The summed E-state index contributed by atoms with van der Waals surface area (Å²) in [6, 6.07) is 3.96. The maximum atomic E-state index is 12.8. The van der Waals surface area contributed by atoms with Gasteiger partial charge in [-0.2, -0.15) is 0 Å². The van der Waals surface area contributed by atoms with Crippen LogP contribution in [0.5, 0.6) is 5.75 Å². The number of nitrogens with one attached hydrogen (secondary N) is 1. The Morgan fingerprint density at radius 3 is 2.94 bits per heavy atom. The molecule has 16 heavy (non-hydrogen) atoms. The van der Waals surface area contributed by atoms with Gasteiger partial charge in [-0.1, -0.05) is 18.5 Å². The normalized spacial score (nSPS) is 9.94. The van der Waals surface area contributed by atoms with Crippen molar-refractivity contribution in [1.29, 1.82) is 0 Å². The average molecular weight is 246 g/mol. The zero-order chi connectivity index (χ0) is 12.0. The molecule has 0 heterocycles. The summed E-state index contributed by atoms with van der Waals surface area (Å²) in [4.78, 5) is 11.2. The van der Waals surface area contributed by atoms with Gasteiger partial charge < -0.3 is 10.1 Å². The summed E-state index contributed by atoms with van der Waals surface area (Å²) in [6.45, 7) is 2.48. The first-order valence-corrected chi connectivity index (χ1v) is 5.36. The molecule has 0 aliphatic rings. The number of rotatable bonds is 5. The van der Waals surface area contributed by atoms with E-state index in [0.717, 1.165) is 6.42 Å². The zero-order valence-electron chi connectivity index (χ0n) is 8.93. The molecule has 0 saturated heterocycles. The molecule has 1 aromatic rings. The van der Waals surface area contributed by atoms with Crippen LogP contribution in [-0.4, -0.2) is 19.1 Å². The minimum absolute atomic E-state index is 0.0218. The molecule has 3 nitrogen and oxygen atoms in total. The minimum atomic E-state index is -0.510. The molecule has 0 bridgehead atoms. The van der Waals surface area contributed by atoms with Crippen molar-refractivity contribution in [3.63, 3.8) is 0 Å². The molecule has 0 atom stereocenters. The Labute approximate surface area is 98.5 Å². The van der Waals surface area contributed by atoms with Gasteiger partial charge in [0.2, 0.25) is 0 Å². The Hall–Kier alpha value is -1.29. The van der Waals surface area contributed by atoms with Crippen molar-refractivity contribution in [2.45, 2.75) is 13.3 Å². The Morgan fingerprint density at radius 1 is 1.56 bits per heavy atom. The number of hydrogen-bond donors (Lipinski definition) is 1. The van der Waals surface area contributed by atoms with E-state index in [0.29, 0.717) is 12.3 Å². The van der Waals surface area contributed by atoms with E-state index in [-0.39, 0.29) is 17.5 Å². The SMILES string of the molecule is CCCNC(=O)COc1ccc(F)c(Cl)c1. The number of hydrogen-bond acceptors (Lipinski definition) is 2. The molecule has 1 N–H and O–H groups in total. The van der Waals surface area contributed by atoms with Crippen molar-refractivity contribution in [2.75, 3.05) is 13.2 Å². The highest BCUT2D eigenvalue weighted by Crippen LogP contribution is 2.20. The molecule has 1 rings (SSSR count). The topological polar surface area (TPSA) is 38.3 Å². The Kier molecular flexibility index (Phi) is 5.05. The molecule has 0 aliphatic carbocycles. The summed E-state index contributed by atoms with van der Waals surface area (Å²) in [5.74, 6) is -0.343. The van der Waals surface area contributed by atoms with Crippen LogP contribution in [0.4, 0.5) is 4.39 Å². The van der Waals surface area contributed by atoms with E-state index in [1.165, 1.54) is 18.2 Å². The third-order valence-corrected chi connectivity index (χ3v) is 2.12. The monoisotopic (exact) mass is 245 g/mol. The summed E-state index contributed by atoms with van der Waals surface area (Å²) >= 11 is 5.56. The fourth-order valence-electron chi connectivity index (χ4n) is 1.03. The van der Waals surface area contributed by atoms with Crippen molar-refractivity contribution >= 4 is 17.5 Å². The lowest BCUT2D eigenvalue weighted by Crippen LogP contribution is -2.29. The van der Waals surface area contributed by atoms with Gasteiger partial charge >= 0.3 is 0 Å². The van der Waals surface area contributed by atoms with E-state index in [2.05, 4.69) is 5.32 Å². The number of carbonyl (C=O) groups excluding carboxylic acids is 1. The lowest BCUT2D eigenvalue weighted by Gasteiger charge is -2.07. The van der Waals surface area contributed by atoms with Crippen LogP contribution in [0.2, 0.25) is 5.02 Å². The highest BCUT2D eigenvalue weighted by Gasteiger charge is 2.04. The molecule has 0 radical (unpaired) electrons. The standard InChI is InChI=1S/C11H13ClFNO2/c1-2-5-14-11(15)7-16-8-3-4-10(13)9(12)6-8/h3-4,6H,2,5,7H2,1H3,(H,14,15). The van der Waals surface area contributed by atoms with Gasteiger partial charge in [-0.25, -0.2) is 4.39 Å². The summed E-state index contributed by atoms with van der Waals surface area (Å²) < 4.78 is 17.9. The lowest BCUT2D eigenvalue weighted by atomic mass is 10.3. The Balaban J connectivity index is 2.42. The van der Waals surface area contributed by atoms with Crippen molar-refractivity contribution in [1.82, 2.24) is 5.32 Å². The van der Waals surface area contributed by atoms with Crippen LogP contribution in [0.1, 0.15) is 13.3 Å². The van der Waals surface area contributed by atoms with Crippen molar-refractivity contribution in [3.8, 4) is 5.75 Å². The van der Waals surface area contributed by atoms with Crippen LogP contribution in [0.25, 0.3) is 0 Å². The molecular weight excluding hydrogens is 233 g/mol. The van der Waals surface area contributed by atoms with Crippen LogP contribution in [-0.2, 0) is 4.79 Å². The van der Waals surface area contributed by atoms with E-state index in [1.807, 2.05) is 6.92 Å². The van der Waals surface area contributed by atoms with E-state index in [4.69, 9.17) is 16.3 Å². The number of carbonyl (C=O) groups is 1. The number of halogens is 2. The maximum Gasteiger partial charge on any atom is 0.257 e. The van der Waals surface area contributed by atoms with Gasteiger partial charge in [-0.3, -0.25) is 4.79 Å². The molecule has 1 amide bonds. The average Bonchev–Trinajstić information content (AvgIpc) is 2.28. The summed E-state index contributed by atoms with van der Waals surface area (Å²) in [5, 5.41) is 2.64. The van der Waals surface area contributed by atoms with E-state index >= 15 is 0 Å². The van der Waals surface area contributed by atoms with Crippen LogP contribution in [0.15, 0.2) is 18.2 Å². The largest absolute Gasteiger partial charge is 0.484 e. The first-order valence-electron chi connectivity index (χ1n) is 4.98. The number of benzene rings is 1. The summed E-state index contributed by atoms with van der Waals surface area (Å²) in [5.41, 5.74) is 0. The predicted molar refractivity (Wildman–Crippen MR) is 60.2 cm³/mol. The molecule has 1 aromatic carbocycles. The van der Waals surface area contributed by atoms with Gasteiger partial charge in [-0.15, -0.1) is 0 Å². The Morgan fingerprint density at radius 2 is 2.31 bits per heavy atom. The van der Waals surface area contributed by atoms with E-state index in [9.17, 15) is 9.18 Å². The predicted octanol–water partition coefficient (Wildman–Crippen LogP) is 2.38. The van der Waals surface area contributed by atoms with E-state index in [1.54, 1.807) is 0 Å². The fourth-order valence-corrected chi connectivity index (χ4v) is 1.20. The van der Waals surface area contributed by atoms with Crippen LogP contribution in [0.3, 0.4) is 0 Å². The molecule has 88 valence electrons. The molecule has 0 fully saturated rings. The molecule has 0 aromatic heterocycles. The first-order chi connectivity index (χ1) is 7.63. The van der Waals surface area contributed by atoms with Crippen molar-refractivity contribution < 1.29 is 13.9 Å². The number of amides is 1. The van der Waals surface area contributed by atoms with Gasteiger partial charge in [0.05, 0.1) is 5.02 Å².